The van der Waals surface area contributed by atoms with Crippen LogP contribution in [0.5, 0.6) is 0 Å². The average Bonchev–Trinajstić information content (AvgIpc) is 2.73. The third-order valence-electron chi connectivity index (χ3n) is 8.38. The maximum Gasteiger partial charge on any atom is 0.0757 e. The van der Waals surface area contributed by atoms with Gasteiger partial charge < -0.3 is 15.3 Å². The monoisotopic (exact) mass is 320 g/mol. The summed E-state index contributed by atoms with van der Waals surface area (Å²) < 4.78 is 0. The van der Waals surface area contributed by atoms with Gasteiger partial charge in [0.05, 0.1) is 18.3 Å². The maximum absolute atomic E-state index is 10.9. The molecule has 9 atom stereocenters. The molecule has 0 amide bonds. The van der Waals surface area contributed by atoms with Crippen molar-refractivity contribution in [3.63, 3.8) is 0 Å². The van der Waals surface area contributed by atoms with E-state index in [9.17, 15) is 15.3 Å². The van der Waals surface area contributed by atoms with E-state index in [1.165, 1.54) is 5.57 Å². The lowest BCUT2D eigenvalue weighted by molar-refractivity contribution is -0.107. The summed E-state index contributed by atoms with van der Waals surface area (Å²) in [6.07, 6.45) is 7.07. The first-order chi connectivity index (χ1) is 10.8. The number of fused-ring (bicyclic) bond motifs is 5. The van der Waals surface area contributed by atoms with Gasteiger partial charge in [-0.05, 0) is 73.0 Å². The van der Waals surface area contributed by atoms with E-state index in [0.29, 0.717) is 17.8 Å². The Balaban J connectivity index is 1.73. The van der Waals surface area contributed by atoms with Crippen LogP contribution in [0.1, 0.15) is 59.3 Å². The van der Waals surface area contributed by atoms with Crippen LogP contribution in [0.4, 0.5) is 0 Å². The number of rotatable bonds is 0. The van der Waals surface area contributed by atoms with Crippen LogP contribution >= 0.6 is 0 Å². The summed E-state index contributed by atoms with van der Waals surface area (Å²) in [6.45, 7) is 6.78. The summed E-state index contributed by atoms with van der Waals surface area (Å²) in [6, 6.07) is 0. The molecule has 3 saturated carbocycles. The predicted molar refractivity (Wildman–Crippen MR) is 89.7 cm³/mol. The summed E-state index contributed by atoms with van der Waals surface area (Å²) in [4.78, 5) is 0. The quantitative estimate of drug-likeness (QED) is 0.602. The lowest BCUT2D eigenvalue weighted by atomic mass is 9.47. The molecule has 0 aromatic heterocycles. The molecule has 0 unspecified atom stereocenters. The smallest absolute Gasteiger partial charge is 0.0757 e. The van der Waals surface area contributed by atoms with E-state index in [-0.39, 0.29) is 29.0 Å². The number of aliphatic hydroxyl groups excluding tert-OH is 3. The summed E-state index contributed by atoms with van der Waals surface area (Å²) in [5.74, 6) is 1.53. The van der Waals surface area contributed by atoms with Crippen molar-refractivity contribution in [2.75, 3.05) is 0 Å². The molecule has 3 nitrogen and oxygen atoms in total. The molecule has 23 heavy (non-hydrogen) atoms. The van der Waals surface area contributed by atoms with Gasteiger partial charge in [0.2, 0.25) is 0 Å². The lowest BCUT2D eigenvalue weighted by Crippen LogP contribution is -2.55. The molecule has 130 valence electrons. The molecular formula is C20H32O3. The molecule has 4 aliphatic rings. The zero-order valence-electron chi connectivity index (χ0n) is 14.7. The fourth-order valence-electron chi connectivity index (χ4n) is 6.97. The predicted octanol–water partition coefficient (Wildman–Crippen LogP) is 2.89. The second kappa shape index (κ2) is 5.06. The van der Waals surface area contributed by atoms with E-state index < -0.39 is 6.10 Å². The first-order valence-corrected chi connectivity index (χ1v) is 9.53. The van der Waals surface area contributed by atoms with Gasteiger partial charge in [-0.3, -0.25) is 0 Å². The maximum atomic E-state index is 10.9. The minimum absolute atomic E-state index is 0.0303. The first kappa shape index (κ1) is 16.1. The molecule has 0 aromatic carbocycles. The van der Waals surface area contributed by atoms with E-state index in [2.05, 4.69) is 26.8 Å². The van der Waals surface area contributed by atoms with Crippen molar-refractivity contribution in [3.8, 4) is 0 Å². The number of hydrogen-bond donors (Lipinski definition) is 3. The molecule has 0 bridgehead atoms. The van der Waals surface area contributed by atoms with Gasteiger partial charge in [0.1, 0.15) is 0 Å². The second-order valence-electron chi connectivity index (χ2n) is 9.49. The van der Waals surface area contributed by atoms with Crippen LogP contribution in [-0.2, 0) is 0 Å². The summed E-state index contributed by atoms with van der Waals surface area (Å²) in [5.41, 5.74) is 1.40. The zero-order valence-corrected chi connectivity index (χ0v) is 14.7. The summed E-state index contributed by atoms with van der Waals surface area (Å²) in [7, 11) is 0. The van der Waals surface area contributed by atoms with Crippen molar-refractivity contribution in [1.82, 2.24) is 0 Å². The van der Waals surface area contributed by atoms with Crippen LogP contribution in [0.2, 0.25) is 0 Å². The van der Waals surface area contributed by atoms with Crippen molar-refractivity contribution in [2.45, 2.75) is 77.6 Å². The van der Waals surface area contributed by atoms with E-state index in [1.54, 1.807) is 0 Å². The standard InChI is InChI=1S/C20H32O3/c1-11-8-15-17-14(5-7-20(15,3)18(11)23)19(2)6-4-13(21)9-12(19)10-16(17)22/h10-11,13-18,21-23H,4-9H2,1-3H3/t11-,13+,14+,15+,16+,17-,18+,19+,20+/m1/s1. The normalized spacial score (nSPS) is 58.9. The van der Waals surface area contributed by atoms with Gasteiger partial charge in [-0.25, -0.2) is 0 Å². The van der Waals surface area contributed by atoms with E-state index in [4.69, 9.17) is 0 Å². The SMILES string of the molecule is C[C@@H]1C[C@H]2[C@@H]3[C@@H](O)C=C4C[C@@H](O)CC[C@]4(C)[C@H]3CC[C@]2(C)[C@H]1O. The van der Waals surface area contributed by atoms with Crippen molar-refractivity contribution in [1.29, 1.82) is 0 Å². The van der Waals surface area contributed by atoms with Gasteiger partial charge in [0.25, 0.3) is 0 Å². The minimum atomic E-state index is -0.407. The Kier molecular flexibility index (Phi) is 3.54. The molecule has 3 heteroatoms. The Hall–Kier alpha value is -0.380. The highest BCUT2D eigenvalue weighted by molar-refractivity contribution is 5.28. The molecular weight excluding hydrogens is 288 g/mol. The fraction of sp³-hybridized carbons (Fsp3) is 0.900. The first-order valence-electron chi connectivity index (χ1n) is 9.53. The Morgan fingerprint density at radius 1 is 1.04 bits per heavy atom. The summed E-state index contributed by atoms with van der Waals surface area (Å²) in [5, 5.41) is 31.7. The van der Waals surface area contributed by atoms with Gasteiger partial charge in [-0.15, -0.1) is 0 Å². The van der Waals surface area contributed by atoms with Gasteiger partial charge >= 0.3 is 0 Å². The molecule has 0 spiro atoms. The highest BCUT2D eigenvalue weighted by Crippen LogP contribution is 2.65. The van der Waals surface area contributed by atoms with Crippen LogP contribution < -0.4 is 0 Å². The van der Waals surface area contributed by atoms with Gasteiger partial charge in [0, 0.05) is 0 Å². The van der Waals surface area contributed by atoms with Crippen LogP contribution in [-0.4, -0.2) is 33.6 Å². The van der Waals surface area contributed by atoms with Crippen molar-refractivity contribution < 1.29 is 15.3 Å². The van der Waals surface area contributed by atoms with Crippen molar-refractivity contribution in [2.24, 2.45) is 34.5 Å². The van der Waals surface area contributed by atoms with Crippen molar-refractivity contribution >= 4 is 0 Å². The average molecular weight is 320 g/mol. The summed E-state index contributed by atoms with van der Waals surface area (Å²) >= 11 is 0. The molecule has 3 N–H and O–H groups in total. The molecule has 4 rings (SSSR count). The number of hydrogen-bond acceptors (Lipinski definition) is 3. The minimum Gasteiger partial charge on any atom is -0.393 e. The highest BCUT2D eigenvalue weighted by atomic mass is 16.3. The van der Waals surface area contributed by atoms with E-state index in [0.717, 1.165) is 38.5 Å². The third kappa shape index (κ3) is 2.06. The molecule has 0 aromatic rings. The molecule has 0 heterocycles. The Labute approximate surface area is 139 Å². The fourth-order valence-corrected chi connectivity index (χ4v) is 6.97. The van der Waals surface area contributed by atoms with Gasteiger partial charge in [0.15, 0.2) is 0 Å². The van der Waals surface area contributed by atoms with E-state index in [1.807, 2.05) is 0 Å². The molecule has 0 radical (unpaired) electrons. The van der Waals surface area contributed by atoms with Crippen LogP contribution in [0.15, 0.2) is 11.6 Å². The highest BCUT2D eigenvalue weighted by Gasteiger charge is 2.61. The Morgan fingerprint density at radius 2 is 1.78 bits per heavy atom. The van der Waals surface area contributed by atoms with Crippen LogP contribution in [0.3, 0.4) is 0 Å². The lowest BCUT2D eigenvalue weighted by Gasteiger charge is -2.58. The van der Waals surface area contributed by atoms with E-state index >= 15 is 0 Å². The molecule has 0 saturated heterocycles. The van der Waals surface area contributed by atoms with Crippen LogP contribution in [0.25, 0.3) is 0 Å². The molecule has 0 aliphatic heterocycles. The van der Waals surface area contributed by atoms with Gasteiger partial charge in [-0.2, -0.15) is 0 Å². The largest absolute Gasteiger partial charge is 0.393 e. The Bertz CT molecular complexity index is 529. The Morgan fingerprint density at radius 3 is 2.52 bits per heavy atom. The van der Waals surface area contributed by atoms with Gasteiger partial charge in [-0.1, -0.05) is 32.4 Å². The third-order valence-corrected chi connectivity index (χ3v) is 8.38. The van der Waals surface area contributed by atoms with Crippen LogP contribution in [0, 0.1) is 34.5 Å². The zero-order chi connectivity index (χ0) is 16.6. The van der Waals surface area contributed by atoms with Crippen molar-refractivity contribution in [3.05, 3.63) is 11.6 Å². The second-order valence-corrected chi connectivity index (χ2v) is 9.49. The molecule has 4 aliphatic carbocycles. The molecule has 3 fully saturated rings. The topological polar surface area (TPSA) is 60.7 Å². The number of aliphatic hydroxyl groups is 3.